The van der Waals surface area contributed by atoms with Gasteiger partial charge in [-0.3, -0.25) is 18.6 Å². The molecule has 452 valence electrons. The van der Waals surface area contributed by atoms with E-state index < -0.39 is 20.0 Å². The van der Waals surface area contributed by atoms with Crippen LogP contribution >= 0.6 is 7.82 Å². The Morgan fingerprint density at radius 1 is 0.455 bits per heavy atom. The number of amides is 1. The zero-order valence-electron chi connectivity index (χ0n) is 51.7. The molecule has 0 spiro atoms. The fourth-order valence-corrected chi connectivity index (χ4v) is 10.4. The third-order valence-electron chi connectivity index (χ3n) is 14.8. The van der Waals surface area contributed by atoms with Crippen LogP contribution in [-0.4, -0.2) is 74.3 Å². The summed E-state index contributed by atoms with van der Waals surface area (Å²) in [7, 11) is 1.50. The van der Waals surface area contributed by atoms with Crippen molar-refractivity contribution in [2.75, 3.05) is 40.9 Å². The molecule has 77 heavy (non-hydrogen) atoms. The summed E-state index contributed by atoms with van der Waals surface area (Å²) in [5, 5.41) is 3.07. The number of phosphoric acid groups is 1. The lowest BCUT2D eigenvalue weighted by Gasteiger charge is -2.27. The number of carbonyl (C=O) groups is 2. The molecule has 0 saturated carbocycles. The Hall–Kier alpha value is -2.03. The second-order valence-corrected chi connectivity index (χ2v) is 25.1. The predicted octanol–water partition coefficient (Wildman–Crippen LogP) is 20.5. The summed E-state index contributed by atoms with van der Waals surface area (Å²) in [6.07, 6.45) is 71.0. The van der Waals surface area contributed by atoms with Crippen molar-refractivity contribution < 1.29 is 37.3 Å². The summed E-state index contributed by atoms with van der Waals surface area (Å²) < 4.78 is 30.8. The maximum Gasteiger partial charge on any atom is 0.472 e. The van der Waals surface area contributed by atoms with Crippen LogP contribution in [0.5, 0.6) is 0 Å². The molecule has 0 bridgehead atoms. The van der Waals surface area contributed by atoms with E-state index in [1.54, 1.807) is 0 Å². The first-order valence-electron chi connectivity index (χ1n) is 33.0. The highest BCUT2D eigenvalue weighted by molar-refractivity contribution is 7.47. The van der Waals surface area contributed by atoms with Crippen LogP contribution < -0.4 is 5.32 Å². The van der Waals surface area contributed by atoms with Gasteiger partial charge < -0.3 is 19.4 Å². The Kier molecular flexibility index (Phi) is 55.7. The minimum atomic E-state index is -4.45. The van der Waals surface area contributed by atoms with Crippen LogP contribution in [0.15, 0.2) is 48.6 Å². The molecular weight excluding hydrogens is 976 g/mol. The van der Waals surface area contributed by atoms with E-state index in [1.807, 2.05) is 33.3 Å². The van der Waals surface area contributed by atoms with Crippen molar-refractivity contribution in [1.29, 1.82) is 0 Å². The second-order valence-electron chi connectivity index (χ2n) is 23.6. The Morgan fingerprint density at radius 2 is 0.792 bits per heavy atom. The van der Waals surface area contributed by atoms with E-state index in [0.29, 0.717) is 23.9 Å². The Bertz CT molecular complexity index is 1460. The van der Waals surface area contributed by atoms with Gasteiger partial charge in [-0.15, -0.1) is 0 Å². The van der Waals surface area contributed by atoms with E-state index in [0.717, 1.165) is 70.6 Å². The molecular formula is C67H128N2O7P+. The summed E-state index contributed by atoms with van der Waals surface area (Å²) in [6, 6.07) is -0.848. The first-order valence-corrected chi connectivity index (χ1v) is 34.5. The standard InChI is InChI=1S/C67H127N2O7P/c1-7-10-13-16-19-22-25-28-30-31-32-33-34-35-36-37-39-41-44-47-50-53-56-59-66(70)68-64(63-75-77(72,73)74-62-61-69(4,5)6)65(58-55-52-49-46-43-40-27-24-21-18-15-12-9-3)76-67(71)60-57-54-51-48-45-42-38-29-26-23-20-17-14-11-8-2/h19,22,28,30,32-33,55,58,64-65H,7-18,20-21,23-27,29,31,34-54,56-57,59-63H2,1-6H3,(H-,68,70,72,73)/p+1/b22-19-,30-28-,33-32-,58-55-. The molecule has 10 heteroatoms. The van der Waals surface area contributed by atoms with Gasteiger partial charge in [-0.1, -0.05) is 282 Å². The molecule has 0 aromatic rings. The highest BCUT2D eigenvalue weighted by Gasteiger charge is 2.30. The number of ether oxygens (including phenoxy) is 1. The minimum Gasteiger partial charge on any atom is -0.456 e. The number of likely N-dealkylation sites (N-methyl/N-ethyl adjacent to an activating group) is 1. The van der Waals surface area contributed by atoms with Crippen molar-refractivity contribution >= 4 is 19.7 Å². The van der Waals surface area contributed by atoms with Crippen molar-refractivity contribution in [3.63, 3.8) is 0 Å². The number of unbranched alkanes of at least 4 members (excludes halogenated alkanes) is 38. The number of quaternary nitrogens is 1. The third-order valence-corrected chi connectivity index (χ3v) is 15.8. The molecule has 2 N–H and O–H groups in total. The van der Waals surface area contributed by atoms with Crippen LogP contribution in [0.25, 0.3) is 0 Å². The van der Waals surface area contributed by atoms with Gasteiger partial charge >= 0.3 is 13.8 Å². The number of allylic oxidation sites excluding steroid dienone is 7. The van der Waals surface area contributed by atoms with Crippen molar-refractivity contribution in [3.05, 3.63) is 48.6 Å². The average Bonchev–Trinajstić information content (AvgIpc) is 3.39. The lowest BCUT2D eigenvalue weighted by molar-refractivity contribution is -0.870. The Labute approximate surface area is 478 Å². The summed E-state index contributed by atoms with van der Waals surface area (Å²) in [5.74, 6) is -0.496. The smallest absolute Gasteiger partial charge is 0.456 e. The minimum absolute atomic E-state index is 0.0408. The SMILES string of the molecule is CCCCC/C=C\C/C=C\C/C=C\CCCCCCCCCCCCC(=O)NC(COP(=O)(O)OCC[N+](C)(C)C)C(/C=C\CCCCCCCCCCCCC)OC(=O)CCCCCCCCCCCCCCCCC. The molecule has 0 aromatic carbocycles. The Balaban J connectivity index is 5.17. The number of nitrogens with one attached hydrogen (secondary N) is 1. The fourth-order valence-electron chi connectivity index (χ4n) is 9.65. The molecule has 0 heterocycles. The van der Waals surface area contributed by atoms with Gasteiger partial charge in [0, 0.05) is 12.8 Å². The molecule has 0 rings (SSSR count). The van der Waals surface area contributed by atoms with Crippen LogP contribution in [0, 0.1) is 0 Å². The van der Waals surface area contributed by atoms with Gasteiger partial charge in [0.1, 0.15) is 19.3 Å². The van der Waals surface area contributed by atoms with Crippen LogP contribution in [0.4, 0.5) is 0 Å². The molecule has 0 saturated heterocycles. The van der Waals surface area contributed by atoms with E-state index >= 15 is 0 Å². The normalized spacial score (nSPS) is 13.9. The van der Waals surface area contributed by atoms with Crippen LogP contribution in [-0.2, 0) is 27.9 Å². The largest absolute Gasteiger partial charge is 0.472 e. The lowest BCUT2D eigenvalue weighted by atomic mass is 10.0. The lowest BCUT2D eigenvalue weighted by Crippen LogP contribution is -2.47. The van der Waals surface area contributed by atoms with E-state index in [1.165, 1.54) is 212 Å². The number of phosphoric ester groups is 1. The third kappa shape index (κ3) is 58.4. The van der Waals surface area contributed by atoms with Gasteiger partial charge in [0.2, 0.25) is 5.91 Å². The highest BCUT2D eigenvalue weighted by Crippen LogP contribution is 2.43. The maximum absolute atomic E-state index is 13.6. The molecule has 3 unspecified atom stereocenters. The quantitative estimate of drug-likeness (QED) is 0.0205. The van der Waals surface area contributed by atoms with Crippen LogP contribution in [0.3, 0.4) is 0 Å². The van der Waals surface area contributed by atoms with Gasteiger partial charge in [-0.2, -0.15) is 0 Å². The average molecular weight is 1100 g/mol. The molecule has 0 aromatic heterocycles. The molecule has 0 aliphatic rings. The first kappa shape index (κ1) is 75.0. The molecule has 9 nitrogen and oxygen atoms in total. The summed E-state index contributed by atoms with van der Waals surface area (Å²) >= 11 is 0. The summed E-state index contributed by atoms with van der Waals surface area (Å²) in [4.78, 5) is 37.8. The summed E-state index contributed by atoms with van der Waals surface area (Å²) in [6.45, 7) is 7.02. The highest BCUT2D eigenvalue weighted by atomic mass is 31.2. The molecule has 3 atom stereocenters. The van der Waals surface area contributed by atoms with Crippen LogP contribution in [0.1, 0.15) is 316 Å². The monoisotopic (exact) mass is 1100 g/mol. The van der Waals surface area contributed by atoms with Gasteiger partial charge in [-0.25, -0.2) is 4.57 Å². The van der Waals surface area contributed by atoms with Crippen molar-refractivity contribution in [3.8, 4) is 0 Å². The number of esters is 1. The zero-order valence-corrected chi connectivity index (χ0v) is 52.6. The van der Waals surface area contributed by atoms with E-state index in [2.05, 4.69) is 62.5 Å². The second kappa shape index (κ2) is 57.2. The van der Waals surface area contributed by atoms with Crippen molar-refractivity contribution in [2.24, 2.45) is 0 Å². The number of nitrogens with zero attached hydrogens (tertiary/aromatic N) is 1. The number of hydrogen-bond donors (Lipinski definition) is 2. The zero-order chi connectivity index (χ0) is 56.4. The van der Waals surface area contributed by atoms with E-state index in [4.69, 9.17) is 13.8 Å². The van der Waals surface area contributed by atoms with E-state index in [9.17, 15) is 19.0 Å². The van der Waals surface area contributed by atoms with Crippen molar-refractivity contribution in [1.82, 2.24) is 5.32 Å². The molecule has 0 aliphatic heterocycles. The maximum atomic E-state index is 13.6. The first-order chi connectivity index (χ1) is 37.4. The molecule has 1 amide bonds. The van der Waals surface area contributed by atoms with E-state index in [-0.39, 0.29) is 25.1 Å². The number of carbonyl (C=O) groups excluding carboxylic acids is 2. The van der Waals surface area contributed by atoms with Crippen LogP contribution in [0.2, 0.25) is 0 Å². The number of hydrogen-bond acceptors (Lipinski definition) is 6. The molecule has 0 aliphatic carbocycles. The fraction of sp³-hybridized carbons (Fsp3) is 0.851. The van der Waals surface area contributed by atoms with Gasteiger partial charge in [0.25, 0.3) is 0 Å². The Morgan fingerprint density at radius 3 is 1.21 bits per heavy atom. The topological polar surface area (TPSA) is 111 Å². The molecule has 0 radical (unpaired) electrons. The van der Waals surface area contributed by atoms with Gasteiger partial charge in [0.05, 0.1) is 33.8 Å². The number of rotatable bonds is 60. The van der Waals surface area contributed by atoms with Crippen molar-refractivity contribution in [2.45, 2.75) is 328 Å². The summed E-state index contributed by atoms with van der Waals surface area (Å²) in [5.41, 5.74) is 0. The van der Waals surface area contributed by atoms with Gasteiger partial charge in [-0.05, 0) is 70.3 Å². The van der Waals surface area contributed by atoms with Gasteiger partial charge in [0.15, 0.2) is 0 Å². The predicted molar refractivity (Wildman–Crippen MR) is 332 cm³/mol. The molecule has 0 fully saturated rings.